The van der Waals surface area contributed by atoms with Crippen LogP contribution < -0.4 is 0 Å². The van der Waals surface area contributed by atoms with Crippen LogP contribution in [0.15, 0.2) is 25.1 Å². The van der Waals surface area contributed by atoms with Gasteiger partial charge < -0.3 is 0 Å². The predicted molar refractivity (Wildman–Crippen MR) is 80.6 cm³/mol. The van der Waals surface area contributed by atoms with E-state index in [2.05, 4.69) is 12.7 Å². The summed E-state index contributed by atoms with van der Waals surface area (Å²) in [7, 11) is 0. The summed E-state index contributed by atoms with van der Waals surface area (Å²) in [5.74, 6) is 3.38. The zero-order chi connectivity index (χ0) is 13.5. The lowest BCUT2D eigenvalue weighted by Gasteiger charge is -2.37. The third-order valence-corrected chi connectivity index (χ3v) is 5.50. The molecule has 108 valence electrons. The van der Waals surface area contributed by atoms with Gasteiger partial charge in [-0.15, -0.1) is 6.58 Å². The standard InChI is InChI=1S/C18H29F/c1-2-3-4-15-5-9-17(10-6-15)18-11-7-16(8-12-18)13-14-19/h2,13-18H,1,3-12H2/b14-13+. The maximum atomic E-state index is 12.2. The summed E-state index contributed by atoms with van der Waals surface area (Å²) in [6.07, 6.45) is 17.9. The SMILES string of the molecule is C=CCCC1CCC(C2CCC(/C=C/F)CC2)CC1. The van der Waals surface area contributed by atoms with Crippen LogP contribution in [-0.4, -0.2) is 0 Å². The normalized spacial score (nSPS) is 36.5. The minimum Gasteiger partial charge on any atom is -0.216 e. The van der Waals surface area contributed by atoms with Gasteiger partial charge in [0, 0.05) is 0 Å². The Balaban J connectivity index is 1.69. The van der Waals surface area contributed by atoms with E-state index in [9.17, 15) is 4.39 Å². The topological polar surface area (TPSA) is 0 Å². The smallest absolute Gasteiger partial charge is 0.0829 e. The van der Waals surface area contributed by atoms with Crippen LogP contribution in [0.25, 0.3) is 0 Å². The van der Waals surface area contributed by atoms with Gasteiger partial charge in [-0.25, -0.2) is 4.39 Å². The van der Waals surface area contributed by atoms with Crippen LogP contribution in [0.2, 0.25) is 0 Å². The van der Waals surface area contributed by atoms with Crippen molar-refractivity contribution in [1.29, 1.82) is 0 Å². The van der Waals surface area contributed by atoms with Crippen LogP contribution >= 0.6 is 0 Å². The molecule has 0 amide bonds. The maximum absolute atomic E-state index is 12.2. The van der Waals surface area contributed by atoms with E-state index in [4.69, 9.17) is 0 Å². The summed E-state index contributed by atoms with van der Waals surface area (Å²) in [6.45, 7) is 3.82. The van der Waals surface area contributed by atoms with Gasteiger partial charge in [-0.1, -0.05) is 25.0 Å². The minimum atomic E-state index is 0.519. The van der Waals surface area contributed by atoms with Gasteiger partial charge in [0.2, 0.25) is 0 Å². The van der Waals surface area contributed by atoms with E-state index in [1.54, 1.807) is 6.08 Å². The van der Waals surface area contributed by atoms with E-state index < -0.39 is 0 Å². The lowest BCUT2D eigenvalue weighted by atomic mass is 9.69. The van der Waals surface area contributed by atoms with Gasteiger partial charge in [0.05, 0.1) is 6.33 Å². The van der Waals surface area contributed by atoms with Gasteiger partial charge in [-0.2, -0.15) is 0 Å². The molecule has 19 heavy (non-hydrogen) atoms. The fourth-order valence-electron chi connectivity index (χ4n) is 4.21. The molecule has 0 bridgehead atoms. The van der Waals surface area contributed by atoms with Crippen molar-refractivity contribution in [2.24, 2.45) is 23.7 Å². The fourth-order valence-corrected chi connectivity index (χ4v) is 4.21. The van der Waals surface area contributed by atoms with Crippen molar-refractivity contribution in [1.82, 2.24) is 0 Å². The highest BCUT2D eigenvalue weighted by atomic mass is 19.1. The number of hydrogen-bond acceptors (Lipinski definition) is 0. The van der Waals surface area contributed by atoms with Gasteiger partial charge in [-0.3, -0.25) is 0 Å². The van der Waals surface area contributed by atoms with Gasteiger partial charge >= 0.3 is 0 Å². The molecule has 2 saturated carbocycles. The first-order valence-electron chi connectivity index (χ1n) is 8.21. The van der Waals surface area contributed by atoms with Gasteiger partial charge in [0.1, 0.15) is 0 Å². The summed E-state index contributed by atoms with van der Waals surface area (Å²) in [4.78, 5) is 0. The minimum absolute atomic E-state index is 0.519. The molecule has 0 nitrogen and oxygen atoms in total. The summed E-state index contributed by atoms with van der Waals surface area (Å²) in [6, 6.07) is 0. The van der Waals surface area contributed by atoms with Gasteiger partial charge in [0.25, 0.3) is 0 Å². The molecule has 0 radical (unpaired) electrons. The Kier molecular flexibility index (Phi) is 6.13. The molecule has 0 atom stereocenters. The van der Waals surface area contributed by atoms with E-state index in [1.807, 2.05) is 0 Å². The van der Waals surface area contributed by atoms with Gasteiger partial charge in [0.15, 0.2) is 0 Å². The Morgan fingerprint density at radius 3 is 2.00 bits per heavy atom. The van der Waals surface area contributed by atoms with Crippen LogP contribution in [0.5, 0.6) is 0 Å². The molecule has 0 aliphatic heterocycles. The number of hydrogen-bond donors (Lipinski definition) is 0. The summed E-state index contributed by atoms with van der Waals surface area (Å²) >= 11 is 0. The Hall–Kier alpha value is -0.590. The van der Waals surface area contributed by atoms with E-state index in [0.29, 0.717) is 5.92 Å². The van der Waals surface area contributed by atoms with Crippen LogP contribution in [0, 0.1) is 23.7 Å². The zero-order valence-electron chi connectivity index (χ0n) is 12.2. The second-order valence-electron chi connectivity index (χ2n) is 6.64. The van der Waals surface area contributed by atoms with Crippen LogP contribution in [0.3, 0.4) is 0 Å². The average molecular weight is 264 g/mol. The molecule has 0 N–H and O–H groups in total. The van der Waals surface area contributed by atoms with E-state index in [1.165, 1.54) is 64.2 Å². The Labute approximate surface area is 118 Å². The Morgan fingerprint density at radius 2 is 1.47 bits per heavy atom. The van der Waals surface area contributed by atoms with Crippen molar-refractivity contribution < 1.29 is 4.39 Å². The second-order valence-corrected chi connectivity index (χ2v) is 6.64. The monoisotopic (exact) mass is 264 g/mol. The fraction of sp³-hybridized carbons (Fsp3) is 0.778. The quantitative estimate of drug-likeness (QED) is 0.530. The molecule has 2 rings (SSSR count). The number of allylic oxidation sites excluding steroid dienone is 2. The molecule has 0 saturated heterocycles. The highest BCUT2D eigenvalue weighted by Gasteiger charge is 2.29. The average Bonchev–Trinajstić information content (AvgIpc) is 2.47. The first kappa shape index (κ1) is 14.8. The lowest BCUT2D eigenvalue weighted by Crippen LogP contribution is -2.25. The molecule has 0 unspecified atom stereocenters. The molecule has 0 spiro atoms. The first-order chi connectivity index (χ1) is 9.33. The largest absolute Gasteiger partial charge is 0.216 e. The molecule has 0 aromatic rings. The van der Waals surface area contributed by atoms with Crippen molar-refractivity contribution in [3.8, 4) is 0 Å². The molecular weight excluding hydrogens is 235 g/mol. The third-order valence-electron chi connectivity index (χ3n) is 5.50. The molecule has 2 fully saturated rings. The summed E-state index contributed by atoms with van der Waals surface area (Å²) in [5, 5.41) is 0. The van der Waals surface area contributed by atoms with Crippen molar-refractivity contribution in [3.05, 3.63) is 25.1 Å². The van der Waals surface area contributed by atoms with Crippen LogP contribution in [0.4, 0.5) is 4.39 Å². The summed E-state index contributed by atoms with van der Waals surface area (Å²) in [5.41, 5.74) is 0. The summed E-state index contributed by atoms with van der Waals surface area (Å²) < 4.78 is 12.2. The van der Waals surface area contributed by atoms with E-state index in [0.717, 1.165) is 24.1 Å². The zero-order valence-corrected chi connectivity index (χ0v) is 12.2. The van der Waals surface area contributed by atoms with E-state index >= 15 is 0 Å². The molecule has 0 aromatic carbocycles. The first-order valence-corrected chi connectivity index (χ1v) is 8.21. The van der Waals surface area contributed by atoms with Crippen LogP contribution in [0.1, 0.15) is 64.2 Å². The highest BCUT2D eigenvalue weighted by Crippen LogP contribution is 2.42. The molecule has 1 heteroatoms. The number of halogens is 1. The van der Waals surface area contributed by atoms with Crippen molar-refractivity contribution >= 4 is 0 Å². The van der Waals surface area contributed by atoms with Gasteiger partial charge in [-0.05, 0) is 75.0 Å². The molecule has 2 aliphatic rings. The highest BCUT2D eigenvalue weighted by molar-refractivity contribution is 4.89. The number of rotatable bonds is 5. The third kappa shape index (κ3) is 4.47. The Bertz CT molecular complexity index is 278. The molecular formula is C18H29F. The molecule has 0 heterocycles. The van der Waals surface area contributed by atoms with Crippen molar-refractivity contribution in [3.63, 3.8) is 0 Å². The predicted octanol–water partition coefficient (Wildman–Crippen LogP) is 6.05. The lowest BCUT2D eigenvalue weighted by molar-refractivity contribution is 0.153. The van der Waals surface area contributed by atoms with E-state index in [-0.39, 0.29) is 0 Å². The second kappa shape index (κ2) is 7.87. The molecule has 0 aromatic heterocycles. The van der Waals surface area contributed by atoms with Crippen LogP contribution in [-0.2, 0) is 0 Å². The Morgan fingerprint density at radius 1 is 0.895 bits per heavy atom. The molecule has 2 aliphatic carbocycles. The van der Waals surface area contributed by atoms with Crippen molar-refractivity contribution in [2.45, 2.75) is 64.2 Å². The maximum Gasteiger partial charge on any atom is 0.0829 e. The van der Waals surface area contributed by atoms with Crippen molar-refractivity contribution in [2.75, 3.05) is 0 Å².